The van der Waals surface area contributed by atoms with E-state index in [1.54, 1.807) is 17.0 Å². The van der Waals surface area contributed by atoms with E-state index in [2.05, 4.69) is 27.7 Å². The van der Waals surface area contributed by atoms with Crippen LogP contribution in [0.4, 0.5) is 10.1 Å². The van der Waals surface area contributed by atoms with Crippen LogP contribution in [0.3, 0.4) is 0 Å². The molecule has 1 atom stereocenters. The number of hydrogen-bond acceptors (Lipinski definition) is 3. The zero-order valence-corrected chi connectivity index (χ0v) is 20.4. The molecule has 0 aliphatic carbocycles. The summed E-state index contributed by atoms with van der Waals surface area (Å²) in [7, 11) is 0. The third-order valence-corrected chi connectivity index (χ3v) is 6.11. The van der Waals surface area contributed by atoms with E-state index in [0.29, 0.717) is 37.2 Å². The number of nitrogens with zero attached hydrogens (tertiary/aromatic N) is 4. The lowest BCUT2D eigenvalue weighted by Crippen LogP contribution is -2.39. The molecule has 1 unspecified atom stereocenters. The lowest BCUT2D eigenvalue weighted by atomic mass is 10.1. The van der Waals surface area contributed by atoms with Gasteiger partial charge in [0.1, 0.15) is 18.2 Å². The van der Waals surface area contributed by atoms with Gasteiger partial charge in [-0.2, -0.15) is 0 Å². The second-order valence-electron chi connectivity index (χ2n) is 10.0. The fourth-order valence-corrected chi connectivity index (χ4v) is 4.74. The van der Waals surface area contributed by atoms with Gasteiger partial charge in [-0.05, 0) is 42.2 Å². The van der Waals surface area contributed by atoms with Crippen LogP contribution >= 0.6 is 0 Å². The van der Waals surface area contributed by atoms with Crippen LogP contribution in [0.5, 0.6) is 0 Å². The number of para-hydroxylation sites is 2. The van der Waals surface area contributed by atoms with E-state index in [4.69, 9.17) is 4.98 Å². The molecule has 34 heavy (non-hydrogen) atoms. The van der Waals surface area contributed by atoms with Crippen LogP contribution in [0.15, 0.2) is 48.5 Å². The standard InChI is InChI=1S/C27H33FN4O2/c1-18(2)14-30(15-19(3)4)26(34)17-32-24-11-6-5-10-23(24)29-27(32)20-12-25(33)31(16-20)22-9-7-8-21(28)13-22/h5-11,13,18-20H,12,14-17H2,1-4H3. The normalized spacial score (nSPS) is 16.3. The Bertz CT molecular complexity index is 1180. The summed E-state index contributed by atoms with van der Waals surface area (Å²) in [5, 5.41) is 0. The first-order valence-corrected chi connectivity index (χ1v) is 12.0. The van der Waals surface area contributed by atoms with Crippen molar-refractivity contribution in [3.63, 3.8) is 0 Å². The van der Waals surface area contributed by atoms with E-state index in [1.165, 1.54) is 12.1 Å². The van der Waals surface area contributed by atoms with Crippen molar-refractivity contribution in [2.45, 2.75) is 46.6 Å². The molecule has 1 saturated heterocycles. The fourth-order valence-electron chi connectivity index (χ4n) is 4.74. The highest BCUT2D eigenvalue weighted by atomic mass is 19.1. The molecule has 0 N–H and O–H groups in total. The van der Waals surface area contributed by atoms with E-state index in [-0.39, 0.29) is 36.5 Å². The molecule has 2 amide bonds. The van der Waals surface area contributed by atoms with Gasteiger partial charge >= 0.3 is 0 Å². The van der Waals surface area contributed by atoms with Gasteiger partial charge in [0, 0.05) is 37.7 Å². The lowest BCUT2D eigenvalue weighted by Gasteiger charge is -2.27. The maximum Gasteiger partial charge on any atom is 0.242 e. The van der Waals surface area contributed by atoms with Crippen LogP contribution in [-0.2, 0) is 16.1 Å². The second-order valence-corrected chi connectivity index (χ2v) is 10.0. The molecule has 2 heterocycles. The first kappa shape index (κ1) is 23.9. The molecule has 0 saturated carbocycles. The van der Waals surface area contributed by atoms with Gasteiger partial charge in [0.15, 0.2) is 0 Å². The van der Waals surface area contributed by atoms with E-state index < -0.39 is 0 Å². The molecular formula is C27H33FN4O2. The van der Waals surface area contributed by atoms with Crippen molar-refractivity contribution in [3.8, 4) is 0 Å². The summed E-state index contributed by atoms with van der Waals surface area (Å²) in [5.41, 5.74) is 2.24. The van der Waals surface area contributed by atoms with Gasteiger partial charge in [-0.25, -0.2) is 9.37 Å². The number of amides is 2. The zero-order chi connectivity index (χ0) is 24.4. The van der Waals surface area contributed by atoms with E-state index >= 15 is 0 Å². The van der Waals surface area contributed by atoms with Crippen molar-refractivity contribution in [2.24, 2.45) is 11.8 Å². The van der Waals surface area contributed by atoms with Crippen molar-refractivity contribution in [2.75, 3.05) is 24.5 Å². The summed E-state index contributed by atoms with van der Waals surface area (Å²) < 4.78 is 15.7. The number of imidazole rings is 1. The summed E-state index contributed by atoms with van der Waals surface area (Å²) in [6, 6.07) is 13.9. The SMILES string of the molecule is CC(C)CN(CC(C)C)C(=O)Cn1c(C2CC(=O)N(c3cccc(F)c3)C2)nc2ccccc21. The van der Waals surface area contributed by atoms with Crippen molar-refractivity contribution in [1.29, 1.82) is 0 Å². The van der Waals surface area contributed by atoms with Gasteiger partial charge in [-0.3, -0.25) is 9.59 Å². The van der Waals surface area contributed by atoms with Gasteiger partial charge in [-0.15, -0.1) is 0 Å². The van der Waals surface area contributed by atoms with Crippen molar-refractivity contribution < 1.29 is 14.0 Å². The van der Waals surface area contributed by atoms with Gasteiger partial charge in [0.25, 0.3) is 0 Å². The van der Waals surface area contributed by atoms with Crippen LogP contribution < -0.4 is 4.90 Å². The number of halogens is 1. The third-order valence-electron chi connectivity index (χ3n) is 6.11. The number of anilines is 1. The van der Waals surface area contributed by atoms with Gasteiger partial charge in [-0.1, -0.05) is 45.9 Å². The summed E-state index contributed by atoms with van der Waals surface area (Å²) in [6.07, 6.45) is 0.274. The third kappa shape index (κ3) is 5.13. The van der Waals surface area contributed by atoms with Gasteiger partial charge in [0.05, 0.1) is 11.0 Å². The highest BCUT2D eigenvalue weighted by Gasteiger charge is 2.35. The first-order chi connectivity index (χ1) is 16.2. The maximum atomic E-state index is 13.8. The van der Waals surface area contributed by atoms with Crippen molar-refractivity contribution in [3.05, 3.63) is 60.2 Å². The van der Waals surface area contributed by atoms with Gasteiger partial charge in [0.2, 0.25) is 11.8 Å². The van der Waals surface area contributed by atoms with Crippen LogP contribution in [0, 0.1) is 17.7 Å². The Kier molecular flexibility index (Phi) is 7.00. The Morgan fingerprint density at radius 3 is 2.47 bits per heavy atom. The molecule has 0 bridgehead atoms. The molecule has 2 aromatic carbocycles. The maximum absolute atomic E-state index is 13.8. The number of aromatic nitrogens is 2. The van der Waals surface area contributed by atoms with Crippen LogP contribution in [0.25, 0.3) is 11.0 Å². The molecule has 4 rings (SSSR count). The Morgan fingerprint density at radius 2 is 1.79 bits per heavy atom. The monoisotopic (exact) mass is 464 g/mol. The lowest BCUT2D eigenvalue weighted by molar-refractivity contribution is -0.132. The Labute approximate surface area is 200 Å². The summed E-state index contributed by atoms with van der Waals surface area (Å²) in [6.45, 7) is 10.4. The fraction of sp³-hybridized carbons (Fsp3) is 0.444. The average Bonchev–Trinajstić information content (AvgIpc) is 3.33. The molecule has 1 aromatic heterocycles. The number of carbonyl (C=O) groups excluding carboxylic acids is 2. The Balaban J connectivity index is 1.65. The van der Waals surface area contributed by atoms with Crippen LogP contribution in [0.2, 0.25) is 0 Å². The van der Waals surface area contributed by atoms with Gasteiger partial charge < -0.3 is 14.4 Å². The largest absolute Gasteiger partial charge is 0.341 e. The molecule has 6 nitrogen and oxygen atoms in total. The zero-order valence-electron chi connectivity index (χ0n) is 20.4. The molecule has 7 heteroatoms. The highest BCUT2D eigenvalue weighted by Crippen LogP contribution is 2.33. The minimum absolute atomic E-state index is 0.0538. The molecular weight excluding hydrogens is 431 g/mol. The smallest absolute Gasteiger partial charge is 0.242 e. The molecule has 1 fully saturated rings. The number of rotatable bonds is 8. The predicted octanol–water partition coefficient (Wildman–Crippen LogP) is 4.84. The predicted molar refractivity (Wildman–Crippen MR) is 132 cm³/mol. The minimum Gasteiger partial charge on any atom is -0.341 e. The molecule has 180 valence electrons. The Morgan fingerprint density at radius 1 is 1.09 bits per heavy atom. The minimum atomic E-state index is -0.373. The molecule has 1 aliphatic rings. The van der Waals surface area contributed by atoms with E-state index in [9.17, 15) is 14.0 Å². The number of hydrogen-bond donors (Lipinski definition) is 0. The number of fused-ring (bicyclic) bond motifs is 1. The average molecular weight is 465 g/mol. The summed E-state index contributed by atoms with van der Waals surface area (Å²) >= 11 is 0. The molecule has 0 spiro atoms. The van der Waals surface area contributed by atoms with Crippen molar-refractivity contribution in [1.82, 2.24) is 14.5 Å². The number of benzene rings is 2. The number of carbonyl (C=O) groups is 2. The second kappa shape index (κ2) is 9.95. The summed E-state index contributed by atoms with van der Waals surface area (Å²) in [5.74, 6) is 0.903. The molecule has 0 radical (unpaired) electrons. The Hall–Kier alpha value is -3.22. The first-order valence-electron chi connectivity index (χ1n) is 12.0. The molecule has 3 aromatic rings. The topological polar surface area (TPSA) is 58.4 Å². The summed E-state index contributed by atoms with van der Waals surface area (Å²) in [4.78, 5) is 34.7. The quantitative estimate of drug-likeness (QED) is 0.480. The molecule has 1 aliphatic heterocycles. The van der Waals surface area contributed by atoms with Crippen LogP contribution in [0.1, 0.15) is 45.9 Å². The van der Waals surface area contributed by atoms with Crippen molar-refractivity contribution >= 4 is 28.5 Å². The van der Waals surface area contributed by atoms with Crippen LogP contribution in [-0.4, -0.2) is 45.9 Å². The van der Waals surface area contributed by atoms with E-state index in [1.807, 2.05) is 33.7 Å². The van der Waals surface area contributed by atoms with E-state index in [0.717, 1.165) is 16.9 Å². The highest BCUT2D eigenvalue weighted by molar-refractivity contribution is 5.96.